The molecule has 2 atom stereocenters. The maximum absolute atomic E-state index is 11.2. The Hall–Kier alpha value is -1.59. The van der Waals surface area contributed by atoms with Gasteiger partial charge in [-0.2, -0.15) is 0 Å². The molecule has 1 aromatic carbocycles. The van der Waals surface area contributed by atoms with Crippen LogP contribution in [0.1, 0.15) is 31.2 Å². The molecule has 1 fully saturated rings. The molecule has 0 bridgehead atoms. The van der Waals surface area contributed by atoms with Gasteiger partial charge in [-0.05, 0) is 30.5 Å². The van der Waals surface area contributed by atoms with Crippen molar-refractivity contribution in [2.45, 2.75) is 44.3 Å². The SMILES string of the molecule is NC1CCCCC1NCc1ccc2[nH]c(=O)[nH]c2c1. The van der Waals surface area contributed by atoms with Gasteiger partial charge in [-0.15, -0.1) is 0 Å². The molecule has 0 spiro atoms. The van der Waals surface area contributed by atoms with E-state index in [1.807, 2.05) is 18.2 Å². The largest absolute Gasteiger partial charge is 0.326 e. The second-order valence-corrected chi connectivity index (χ2v) is 5.39. The van der Waals surface area contributed by atoms with Crippen LogP contribution in [0.2, 0.25) is 0 Å². The second kappa shape index (κ2) is 5.19. The fraction of sp³-hybridized carbons (Fsp3) is 0.500. The Balaban J connectivity index is 1.69. The van der Waals surface area contributed by atoms with Crippen LogP contribution in [0.4, 0.5) is 0 Å². The first-order valence-corrected chi connectivity index (χ1v) is 6.92. The van der Waals surface area contributed by atoms with Crippen molar-refractivity contribution < 1.29 is 0 Å². The number of aromatic nitrogens is 2. The van der Waals surface area contributed by atoms with Crippen LogP contribution in [0.3, 0.4) is 0 Å². The van der Waals surface area contributed by atoms with Gasteiger partial charge < -0.3 is 21.0 Å². The molecule has 2 unspecified atom stereocenters. The van der Waals surface area contributed by atoms with Crippen LogP contribution < -0.4 is 16.7 Å². The number of nitrogens with two attached hydrogens (primary N) is 1. The van der Waals surface area contributed by atoms with E-state index in [0.717, 1.165) is 30.4 Å². The number of H-pyrrole nitrogens is 2. The monoisotopic (exact) mass is 260 g/mol. The third-order valence-electron chi connectivity index (χ3n) is 3.97. The Morgan fingerprint density at radius 1 is 1.21 bits per heavy atom. The van der Waals surface area contributed by atoms with Crippen LogP contribution in [0.5, 0.6) is 0 Å². The molecule has 2 aromatic rings. The highest BCUT2D eigenvalue weighted by atomic mass is 16.1. The van der Waals surface area contributed by atoms with Crippen LogP contribution in [0.15, 0.2) is 23.0 Å². The van der Waals surface area contributed by atoms with Crippen molar-refractivity contribution in [3.63, 3.8) is 0 Å². The number of imidazole rings is 1. The van der Waals surface area contributed by atoms with Crippen LogP contribution in [-0.4, -0.2) is 22.1 Å². The normalized spacial score (nSPS) is 23.8. The van der Waals surface area contributed by atoms with Crippen molar-refractivity contribution in [3.8, 4) is 0 Å². The van der Waals surface area contributed by atoms with E-state index >= 15 is 0 Å². The van der Waals surface area contributed by atoms with Crippen molar-refractivity contribution in [3.05, 3.63) is 34.2 Å². The minimum Gasteiger partial charge on any atom is -0.326 e. The molecule has 0 radical (unpaired) electrons. The fourth-order valence-corrected chi connectivity index (χ4v) is 2.85. The van der Waals surface area contributed by atoms with Crippen LogP contribution in [-0.2, 0) is 6.54 Å². The summed E-state index contributed by atoms with van der Waals surface area (Å²) < 4.78 is 0. The minimum absolute atomic E-state index is 0.158. The van der Waals surface area contributed by atoms with Crippen molar-refractivity contribution >= 4 is 11.0 Å². The number of hydrogen-bond donors (Lipinski definition) is 4. The standard InChI is InChI=1S/C14H20N4O/c15-10-3-1-2-4-11(10)16-8-9-5-6-12-13(7-9)18-14(19)17-12/h5-7,10-11,16H,1-4,8,15H2,(H2,17,18,19). The first-order chi connectivity index (χ1) is 9.22. The first kappa shape index (κ1) is 12.4. The predicted octanol–water partition coefficient (Wildman–Crippen LogP) is 1.22. The number of rotatable bonds is 3. The summed E-state index contributed by atoms with van der Waals surface area (Å²) in [5.74, 6) is 0. The lowest BCUT2D eigenvalue weighted by atomic mass is 9.91. The zero-order chi connectivity index (χ0) is 13.2. The summed E-state index contributed by atoms with van der Waals surface area (Å²) in [6.45, 7) is 0.793. The van der Waals surface area contributed by atoms with E-state index in [9.17, 15) is 4.79 Å². The third-order valence-corrected chi connectivity index (χ3v) is 3.97. The molecular weight excluding hydrogens is 240 g/mol. The Morgan fingerprint density at radius 3 is 2.84 bits per heavy atom. The summed E-state index contributed by atoms with van der Waals surface area (Å²) in [7, 11) is 0. The molecule has 1 heterocycles. The van der Waals surface area contributed by atoms with Gasteiger partial charge in [0, 0.05) is 18.6 Å². The van der Waals surface area contributed by atoms with Gasteiger partial charge in [0.25, 0.3) is 0 Å². The van der Waals surface area contributed by atoms with Crippen molar-refractivity contribution in [1.82, 2.24) is 15.3 Å². The molecule has 0 amide bonds. The zero-order valence-corrected chi connectivity index (χ0v) is 10.9. The highest BCUT2D eigenvalue weighted by Crippen LogP contribution is 2.17. The smallest absolute Gasteiger partial charge is 0.323 e. The number of aromatic amines is 2. The molecule has 3 rings (SSSR count). The average molecular weight is 260 g/mol. The lowest BCUT2D eigenvalue weighted by Crippen LogP contribution is -2.46. The van der Waals surface area contributed by atoms with E-state index in [1.165, 1.54) is 18.4 Å². The van der Waals surface area contributed by atoms with E-state index in [4.69, 9.17) is 5.73 Å². The lowest BCUT2D eigenvalue weighted by molar-refractivity contribution is 0.326. The molecule has 0 saturated heterocycles. The summed E-state index contributed by atoms with van der Waals surface area (Å²) >= 11 is 0. The maximum Gasteiger partial charge on any atom is 0.323 e. The second-order valence-electron chi connectivity index (χ2n) is 5.39. The molecule has 1 aromatic heterocycles. The summed E-state index contributed by atoms with van der Waals surface area (Å²) in [6, 6.07) is 6.66. The summed E-state index contributed by atoms with van der Waals surface area (Å²) in [5.41, 5.74) is 8.84. The van der Waals surface area contributed by atoms with E-state index in [2.05, 4.69) is 15.3 Å². The molecule has 5 heteroatoms. The van der Waals surface area contributed by atoms with E-state index in [-0.39, 0.29) is 11.7 Å². The molecule has 1 aliphatic carbocycles. The van der Waals surface area contributed by atoms with E-state index in [0.29, 0.717) is 6.04 Å². The quantitative estimate of drug-likeness (QED) is 0.669. The van der Waals surface area contributed by atoms with Gasteiger partial charge in [0.05, 0.1) is 11.0 Å². The van der Waals surface area contributed by atoms with Crippen molar-refractivity contribution in [2.75, 3.05) is 0 Å². The highest BCUT2D eigenvalue weighted by Gasteiger charge is 2.20. The van der Waals surface area contributed by atoms with Crippen molar-refractivity contribution in [2.24, 2.45) is 5.73 Å². The zero-order valence-electron chi connectivity index (χ0n) is 10.9. The Kier molecular flexibility index (Phi) is 3.40. The topological polar surface area (TPSA) is 86.7 Å². The predicted molar refractivity (Wildman–Crippen MR) is 76.0 cm³/mol. The van der Waals surface area contributed by atoms with Gasteiger partial charge in [0.1, 0.15) is 0 Å². The minimum atomic E-state index is -0.158. The van der Waals surface area contributed by atoms with E-state index in [1.54, 1.807) is 0 Å². The molecule has 5 N–H and O–H groups in total. The summed E-state index contributed by atoms with van der Waals surface area (Å²) in [4.78, 5) is 16.7. The highest BCUT2D eigenvalue weighted by molar-refractivity contribution is 5.74. The lowest BCUT2D eigenvalue weighted by Gasteiger charge is -2.29. The molecule has 5 nitrogen and oxygen atoms in total. The maximum atomic E-state index is 11.2. The Labute approximate surface area is 111 Å². The number of nitrogens with one attached hydrogen (secondary N) is 3. The van der Waals surface area contributed by atoms with Crippen LogP contribution in [0.25, 0.3) is 11.0 Å². The van der Waals surface area contributed by atoms with Gasteiger partial charge in [0.15, 0.2) is 0 Å². The molecule has 102 valence electrons. The Morgan fingerprint density at radius 2 is 2.00 bits per heavy atom. The fourth-order valence-electron chi connectivity index (χ4n) is 2.85. The van der Waals surface area contributed by atoms with Gasteiger partial charge in [-0.1, -0.05) is 18.9 Å². The molecule has 0 aliphatic heterocycles. The van der Waals surface area contributed by atoms with Gasteiger partial charge >= 0.3 is 5.69 Å². The van der Waals surface area contributed by atoms with Gasteiger partial charge in [-0.3, -0.25) is 0 Å². The van der Waals surface area contributed by atoms with E-state index < -0.39 is 0 Å². The average Bonchev–Trinajstić information content (AvgIpc) is 2.77. The Bertz CT molecular complexity index is 615. The van der Waals surface area contributed by atoms with Gasteiger partial charge in [0.2, 0.25) is 0 Å². The molecule has 1 aliphatic rings. The first-order valence-electron chi connectivity index (χ1n) is 6.92. The molecular formula is C14H20N4O. The van der Waals surface area contributed by atoms with Gasteiger partial charge in [-0.25, -0.2) is 4.79 Å². The number of hydrogen-bond acceptors (Lipinski definition) is 3. The van der Waals surface area contributed by atoms with Crippen LogP contribution in [0, 0.1) is 0 Å². The molecule has 1 saturated carbocycles. The molecule has 19 heavy (non-hydrogen) atoms. The number of fused-ring (bicyclic) bond motifs is 1. The van der Waals surface area contributed by atoms with Crippen LogP contribution >= 0.6 is 0 Å². The van der Waals surface area contributed by atoms with Crippen molar-refractivity contribution in [1.29, 1.82) is 0 Å². The number of benzene rings is 1. The third kappa shape index (κ3) is 2.72. The summed E-state index contributed by atoms with van der Waals surface area (Å²) in [6.07, 6.45) is 4.78. The summed E-state index contributed by atoms with van der Waals surface area (Å²) in [5, 5.41) is 3.53.